The maximum Gasteiger partial charge on any atom is 0.159 e. The fourth-order valence-corrected chi connectivity index (χ4v) is 8.33. The Labute approximate surface area is 341 Å². The van der Waals surface area contributed by atoms with E-state index in [2.05, 4.69) is 215 Å². The minimum absolute atomic E-state index is 0.792. The second kappa shape index (κ2) is 14.5. The lowest BCUT2D eigenvalue weighted by Gasteiger charge is -2.29. The summed E-state index contributed by atoms with van der Waals surface area (Å²) in [5.74, 6) is 0. The molecule has 2 heterocycles. The van der Waals surface area contributed by atoms with Gasteiger partial charge in [-0.1, -0.05) is 109 Å². The van der Waals surface area contributed by atoms with Crippen LogP contribution in [0, 0.1) is 0 Å². The van der Waals surface area contributed by atoms with Gasteiger partial charge in [0.2, 0.25) is 0 Å². The van der Waals surface area contributed by atoms with Gasteiger partial charge >= 0.3 is 0 Å². The highest BCUT2D eigenvalue weighted by Crippen LogP contribution is 2.48. The molecule has 5 nitrogen and oxygen atoms in total. The molecule has 2 aromatic heterocycles. The van der Waals surface area contributed by atoms with Gasteiger partial charge in [-0.05, 0) is 103 Å². The molecule has 0 aliphatic heterocycles. The third-order valence-electron chi connectivity index (χ3n) is 11.0. The highest BCUT2D eigenvalue weighted by atomic mass is 16.3. The smallest absolute Gasteiger partial charge is 0.159 e. The van der Waals surface area contributed by atoms with Crippen LogP contribution in [0.1, 0.15) is 0 Å². The predicted octanol–water partition coefficient (Wildman–Crippen LogP) is 15.9. The van der Waals surface area contributed by atoms with Crippen molar-refractivity contribution in [1.29, 1.82) is 0 Å². The van der Waals surface area contributed by atoms with E-state index in [0.29, 0.717) is 0 Å². The maximum atomic E-state index is 7.11. The number of hydrogen-bond donors (Lipinski definition) is 0. The summed E-state index contributed by atoms with van der Waals surface area (Å²) in [6.07, 6.45) is 0. The van der Waals surface area contributed by atoms with Crippen molar-refractivity contribution in [2.24, 2.45) is 0 Å². The van der Waals surface area contributed by atoms with Crippen LogP contribution >= 0.6 is 0 Å². The Kier molecular flexibility index (Phi) is 8.41. The van der Waals surface area contributed by atoms with Crippen LogP contribution in [-0.4, -0.2) is 0 Å². The lowest BCUT2D eigenvalue weighted by molar-refractivity contribution is 0.668. The van der Waals surface area contributed by atoms with E-state index in [0.717, 1.165) is 95.1 Å². The van der Waals surface area contributed by atoms with E-state index < -0.39 is 0 Å². The summed E-state index contributed by atoms with van der Waals surface area (Å²) < 4.78 is 13.6. The summed E-state index contributed by atoms with van der Waals surface area (Å²) in [7, 11) is 0. The monoisotopic (exact) mass is 759 g/mol. The van der Waals surface area contributed by atoms with Gasteiger partial charge in [-0.3, -0.25) is 0 Å². The Bertz CT molecular complexity index is 3140. The molecule has 0 fully saturated rings. The van der Waals surface area contributed by atoms with Gasteiger partial charge in [-0.15, -0.1) is 0 Å². The first-order chi connectivity index (χ1) is 29.3. The van der Waals surface area contributed by atoms with E-state index in [1.165, 1.54) is 0 Å². The molecular weight excluding hydrogens is 723 g/mol. The molecule has 9 aromatic carbocycles. The standard InChI is InChI=1S/C54H37N3O2/c1-6-18-38(19-7-1)55(39-20-8-2-9-21-39)43-31-33-48-49-34-45(35-50(54(49)59-53(48)37-43)57(41-24-12-4-13-25-41)42-26-14-5-15-27-42)56(40-22-10-3-11-23-40)44-30-32-47-46-28-16-17-29-51(46)58-52(47)36-44/h1-37H. The molecule has 11 rings (SSSR count). The maximum absolute atomic E-state index is 7.11. The number of rotatable bonds is 9. The number of furan rings is 2. The van der Waals surface area contributed by atoms with E-state index >= 15 is 0 Å². The topological polar surface area (TPSA) is 36.0 Å². The average molecular weight is 760 g/mol. The van der Waals surface area contributed by atoms with E-state index in [4.69, 9.17) is 8.83 Å². The van der Waals surface area contributed by atoms with Crippen LogP contribution in [-0.2, 0) is 0 Å². The van der Waals surface area contributed by atoms with Gasteiger partial charge < -0.3 is 23.5 Å². The molecule has 11 aromatic rings. The van der Waals surface area contributed by atoms with Crippen LogP contribution in [0.4, 0.5) is 51.2 Å². The Morgan fingerprint density at radius 1 is 0.237 bits per heavy atom. The van der Waals surface area contributed by atoms with E-state index in [9.17, 15) is 0 Å². The van der Waals surface area contributed by atoms with Crippen molar-refractivity contribution in [2.75, 3.05) is 14.7 Å². The zero-order valence-electron chi connectivity index (χ0n) is 32.0. The predicted molar refractivity (Wildman–Crippen MR) is 245 cm³/mol. The zero-order valence-corrected chi connectivity index (χ0v) is 32.0. The summed E-state index contributed by atoms with van der Waals surface area (Å²) in [5, 5.41) is 4.22. The third-order valence-corrected chi connectivity index (χ3v) is 11.0. The van der Waals surface area contributed by atoms with Crippen molar-refractivity contribution in [3.05, 3.63) is 224 Å². The molecule has 0 atom stereocenters. The largest absolute Gasteiger partial charge is 0.456 e. The van der Waals surface area contributed by atoms with Gasteiger partial charge in [0.25, 0.3) is 0 Å². The number of fused-ring (bicyclic) bond motifs is 6. The van der Waals surface area contributed by atoms with Crippen molar-refractivity contribution in [3.63, 3.8) is 0 Å². The van der Waals surface area contributed by atoms with Crippen LogP contribution in [0.5, 0.6) is 0 Å². The highest BCUT2D eigenvalue weighted by Gasteiger charge is 2.25. The number of nitrogens with zero attached hydrogens (tertiary/aromatic N) is 3. The van der Waals surface area contributed by atoms with Gasteiger partial charge in [0.1, 0.15) is 16.7 Å². The van der Waals surface area contributed by atoms with Crippen LogP contribution in [0.15, 0.2) is 233 Å². The summed E-state index contributed by atoms with van der Waals surface area (Å²) in [6.45, 7) is 0. The molecule has 0 saturated heterocycles. The zero-order chi connectivity index (χ0) is 39.1. The molecule has 0 N–H and O–H groups in total. The Morgan fingerprint density at radius 2 is 0.627 bits per heavy atom. The van der Waals surface area contributed by atoms with E-state index in [-0.39, 0.29) is 0 Å². The van der Waals surface area contributed by atoms with Gasteiger partial charge in [0.15, 0.2) is 5.58 Å². The molecule has 0 aliphatic carbocycles. The Morgan fingerprint density at radius 3 is 1.14 bits per heavy atom. The van der Waals surface area contributed by atoms with Crippen molar-refractivity contribution < 1.29 is 8.83 Å². The van der Waals surface area contributed by atoms with E-state index in [1.54, 1.807) is 0 Å². The number of anilines is 9. The molecule has 0 amide bonds. The second-order valence-electron chi connectivity index (χ2n) is 14.6. The summed E-state index contributed by atoms with van der Waals surface area (Å²) >= 11 is 0. The summed E-state index contributed by atoms with van der Waals surface area (Å²) in [5.41, 5.74) is 12.4. The molecule has 0 bridgehead atoms. The molecule has 0 spiro atoms. The van der Waals surface area contributed by atoms with Crippen molar-refractivity contribution >= 4 is 95.1 Å². The van der Waals surface area contributed by atoms with Crippen LogP contribution in [0.25, 0.3) is 43.9 Å². The number of para-hydroxylation sites is 6. The van der Waals surface area contributed by atoms with E-state index in [1.807, 2.05) is 24.3 Å². The molecule has 0 saturated carbocycles. The quantitative estimate of drug-likeness (QED) is 0.146. The molecule has 0 aliphatic rings. The van der Waals surface area contributed by atoms with Crippen molar-refractivity contribution in [3.8, 4) is 0 Å². The van der Waals surface area contributed by atoms with Crippen LogP contribution < -0.4 is 14.7 Å². The Balaban J connectivity index is 1.18. The first-order valence-corrected chi connectivity index (χ1v) is 19.8. The molecule has 5 heteroatoms. The first kappa shape index (κ1) is 34.2. The lowest BCUT2D eigenvalue weighted by atomic mass is 10.1. The molecule has 0 unspecified atom stereocenters. The lowest BCUT2D eigenvalue weighted by Crippen LogP contribution is -2.13. The van der Waals surface area contributed by atoms with Crippen LogP contribution in [0.2, 0.25) is 0 Å². The molecule has 59 heavy (non-hydrogen) atoms. The van der Waals surface area contributed by atoms with Gasteiger partial charge in [-0.25, -0.2) is 0 Å². The van der Waals surface area contributed by atoms with Crippen molar-refractivity contribution in [1.82, 2.24) is 0 Å². The van der Waals surface area contributed by atoms with Crippen molar-refractivity contribution in [2.45, 2.75) is 0 Å². The average Bonchev–Trinajstić information content (AvgIpc) is 3.86. The third kappa shape index (κ3) is 6.13. The van der Waals surface area contributed by atoms with Gasteiger partial charge in [0, 0.05) is 79.2 Å². The molecule has 280 valence electrons. The Hall–Kier alpha value is -8.02. The molecular formula is C54H37N3O2. The normalized spacial score (nSPS) is 11.4. The minimum Gasteiger partial charge on any atom is -0.456 e. The van der Waals surface area contributed by atoms with Gasteiger partial charge in [0.05, 0.1) is 5.69 Å². The minimum atomic E-state index is 0.792. The summed E-state index contributed by atoms with van der Waals surface area (Å²) in [6, 6.07) is 78.3. The number of benzene rings is 9. The summed E-state index contributed by atoms with van der Waals surface area (Å²) in [4.78, 5) is 6.87. The fourth-order valence-electron chi connectivity index (χ4n) is 8.33. The number of hydrogen-bond acceptors (Lipinski definition) is 5. The molecule has 0 radical (unpaired) electrons. The van der Waals surface area contributed by atoms with Gasteiger partial charge in [-0.2, -0.15) is 0 Å². The fraction of sp³-hybridized carbons (Fsp3) is 0. The second-order valence-corrected chi connectivity index (χ2v) is 14.6. The highest BCUT2D eigenvalue weighted by molar-refractivity contribution is 6.13. The SMILES string of the molecule is c1ccc(N(c2ccccc2)c2ccc3c(c2)oc2c(N(c4ccccc4)c4ccccc4)cc(N(c4ccccc4)c4ccc5c(c4)oc4ccccc45)cc23)cc1. The first-order valence-electron chi connectivity index (χ1n) is 19.8. The van der Waals surface area contributed by atoms with Crippen LogP contribution in [0.3, 0.4) is 0 Å².